The molecule has 0 atom stereocenters. The molecule has 3 aromatic carbocycles. The average Bonchev–Trinajstić information content (AvgIpc) is 2.68. The number of nitrogens with zero attached hydrogens (tertiary/aromatic N) is 1. The summed E-state index contributed by atoms with van der Waals surface area (Å²) in [5, 5.41) is 14.6. The van der Waals surface area contributed by atoms with Crippen LogP contribution in [0.1, 0.15) is 18.1 Å². The molecule has 0 aromatic heterocycles. The summed E-state index contributed by atoms with van der Waals surface area (Å²) in [6.07, 6.45) is 0.953. The molecule has 0 fully saturated rings. The Morgan fingerprint density at radius 1 is 1.04 bits per heavy atom. The highest BCUT2D eigenvalue weighted by molar-refractivity contribution is 7.80. The van der Waals surface area contributed by atoms with E-state index >= 15 is 0 Å². The molecule has 0 unspecified atom stereocenters. The van der Waals surface area contributed by atoms with E-state index in [9.17, 15) is 5.11 Å². The largest absolute Gasteiger partial charge is 0.508 e. The molecule has 2 N–H and O–H groups in total. The summed E-state index contributed by atoms with van der Waals surface area (Å²) in [6, 6.07) is 22.9. The number of benzene rings is 3. The highest BCUT2D eigenvalue weighted by Gasteiger charge is 2.17. The Labute approximate surface area is 170 Å². The fourth-order valence-corrected chi connectivity index (χ4v) is 3.33. The van der Waals surface area contributed by atoms with Crippen LogP contribution in [-0.4, -0.2) is 10.2 Å². The lowest BCUT2D eigenvalue weighted by atomic mass is 10.1. The van der Waals surface area contributed by atoms with Gasteiger partial charge in [-0.1, -0.05) is 61.0 Å². The van der Waals surface area contributed by atoms with Crippen LogP contribution in [0.4, 0.5) is 11.4 Å². The van der Waals surface area contributed by atoms with Crippen LogP contribution in [-0.2, 0) is 13.0 Å². The second-order valence-electron chi connectivity index (χ2n) is 6.15. The summed E-state index contributed by atoms with van der Waals surface area (Å²) < 4.78 is 0. The molecule has 3 aromatic rings. The molecular weight excluding hydrogens is 376 g/mol. The zero-order valence-corrected chi connectivity index (χ0v) is 16.6. The van der Waals surface area contributed by atoms with Crippen molar-refractivity contribution in [1.29, 1.82) is 0 Å². The first kappa shape index (κ1) is 19.2. The Kier molecular flexibility index (Phi) is 6.32. The van der Waals surface area contributed by atoms with Crippen LogP contribution in [0, 0.1) is 0 Å². The van der Waals surface area contributed by atoms with E-state index in [1.54, 1.807) is 12.1 Å². The van der Waals surface area contributed by atoms with E-state index < -0.39 is 0 Å². The summed E-state index contributed by atoms with van der Waals surface area (Å²) >= 11 is 12.1. The first-order valence-electron chi connectivity index (χ1n) is 8.77. The quantitative estimate of drug-likeness (QED) is 0.517. The van der Waals surface area contributed by atoms with E-state index in [1.807, 2.05) is 53.4 Å². The molecule has 0 saturated carbocycles. The Bertz CT molecular complexity index is 945. The highest BCUT2D eigenvalue weighted by Crippen LogP contribution is 2.29. The maximum Gasteiger partial charge on any atom is 0.178 e. The van der Waals surface area contributed by atoms with Gasteiger partial charge in [0.05, 0.1) is 17.3 Å². The number of hydrogen-bond acceptors (Lipinski definition) is 2. The molecule has 0 heterocycles. The third-order valence-corrected chi connectivity index (χ3v) is 4.94. The van der Waals surface area contributed by atoms with Gasteiger partial charge in [-0.25, -0.2) is 0 Å². The third-order valence-electron chi connectivity index (χ3n) is 4.29. The molecular formula is C22H21ClN2OS. The number of thiocarbonyl (C=S) groups is 1. The molecule has 138 valence electrons. The van der Waals surface area contributed by atoms with Gasteiger partial charge in [0.25, 0.3) is 0 Å². The summed E-state index contributed by atoms with van der Waals surface area (Å²) in [7, 11) is 0. The minimum Gasteiger partial charge on any atom is -0.508 e. The number of aromatic hydroxyl groups is 1. The Balaban J connectivity index is 1.92. The number of nitrogens with one attached hydrogen (secondary N) is 1. The molecule has 3 rings (SSSR count). The van der Waals surface area contributed by atoms with Crippen LogP contribution in [0.3, 0.4) is 0 Å². The van der Waals surface area contributed by atoms with Crippen molar-refractivity contribution in [3.05, 3.63) is 88.9 Å². The van der Waals surface area contributed by atoms with Gasteiger partial charge in [-0.15, -0.1) is 0 Å². The summed E-state index contributed by atoms with van der Waals surface area (Å²) in [4.78, 5) is 1.89. The molecule has 5 heteroatoms. The van der Waals surface area contributed by atoms with Gasteiger partial charge in [0.1, 0.15) is 5.75 Å². The number of phenols is 1. The number of anilines is 2. The number of para-hydroxylation sites is 2. The van der Waals surface area contributed by atoms with Crippen molar-refractivity contribution in [2.24, 2.45) is 0 Å². The predicted molar refractivity (Wildman–Crippen MR) is 118 cm³/mol. The third kappa shape index (κ3) is 4.79. The molecule has 27 heavy (non-hydrogen) atoms. The Morgan fingerprint density at radius 2 is 1.78 bits per heavy atom. The van der Waals surface area contributed by atoms with E-state index in [2.05, 4.69) is 24.4 Å². The minimum absolute atomic E-state index is 0.227. The van der Waals surface area contributed by atoms with Gasteiger partial charge in [0.15, 0.2) is 5.11 Å². The van der Waals surface area contributed by atoms with Gasteiger partial charge in [0.2, 0.25) is 0 Å². The fraction of sp³-hybridized carbons (Fsp3) is 0.136. The first-order chi connectivity index (χ1) is 13.1. The van der Waals surface area contributed by atoms with Gasteiger partial charge in [-0.2, -0.15) is 0 Å². The zero-order valence-electron chi connectivity index (χ0n) is 15.0. The Morgan fingerprint density at radius 3 is 2.52 bits per heavy atom. The number of aryl methyl sites for hydroxylation is 1. The van der Waals surface area contributed by atoms with Crippen molar-refractivity contribution in [2.45, 2.75) is 19.9 Å². The monoisotopic (exact) mass is 396 g/mol. The van der Waals surface area contributed by atoms with E-state index in [0.717, 1.165) is 23.4 Å². The Hall–Kier alpha value is -2.56. The van der Waals surface area contributed by atoms with Crippen molar-refractivity contribution in [1.82, 2.24) is 0 Å². The number of phenolic OH excluding ortho intramolecular Hbond substituents is 1. The van der Waals surface area contributed by atoms with Gasteiger partial charge < -0.3 is 15.3 Å². The molecule has 0 spiro atoms. The van der Waals surface area contributed by atoms with E-state index in [0.29, 0.717) is 16.7 Å². The van der Waals surface area contributed by atoms with Crippen LogP contribution in [0.2, 0.25) is 5.02 Å². The molecule has 0 bridgehead atoms. The standard InChI is InChI=1S/C22H21ClN2OS/c1-2-16-8-7-10-18(14-16)24-22(27)25(20-12-5-4-11-19(20)23)15-17-9-3-6-13-21(17)26/h3-14,26H,2,15H2,1H3,(H,24,27). The predicted octanol–water partition coefficient (Wildman–Crippen LogP) is 6.01. The van der Waals surface area contributed by atoms with E-state index in [-0.39, 0.29) is 5.75 Å². The lowest BCUT2D eigenvalue weighted by Crippen LogP contribution is -2.34. The average molecular weight is 397 g/mol. The van der Waals surface area contributed by atoms with Crippen LogP contribution < -0.4 is 10.2 Å². The minimum atomic E-state index is 0.227. The van der Waals surface area contributed by atoms with Crippen LogP contribution in [0.25, 0.3) is 0 Å². The van der Waals surface area contributed by atoms with Crippen LogP contribution in [0.5, 0.6) is 5.75 Å². The maximum absolute atomic E-state index is 10.2. The maximum atomic E-state index is 10.2. The summed E-state index contributed by atoms with van der Waals surface area (Å²) in [5.74, 6) is 0.227. The molecule has 0 amide bonds. The number of rotatable bonds is 5. The summed E-state index contributed by atoms with van der Waals surface area (Å²) in [6.45, 7) is 2.52. The zero-order chi connectivity index (χ0) is 19.2. The van der Waals surface area contributed by atoms with Crippen molar-refractivity contribution >= 4 is 40.3 Å². The van der Waals surface area contributed by atoms with Crippen molar-refractivity contribution in [2.75, 3.05) is 10.2 Å². The van der Waals surface area contributed by atoms with Crippen LogP contribution >= 0.6 is 23.8 Å². The van der Waals surface area contributed by atoms with Gasteiger partial charge >= 0.3 is 0 Å². The number of halogens is 1. The summed E-state index contributed by atoms with van der Waals surface area (Å²) in [5.41, 5.74) is 3.71. The van der Waals surface area contributed by atoms with E-state index in [4.69, 9.17) is 23.8 Å². The normalized spacial score (nSPS) is 10.4. The number of hydrogen-bond donors (Lipinski definition) is 2. The van der Waals surface area contributed by atoms with Gasteiger partial charge in [-0.3, -0.25) is 0 Å². The highest BCUT2D eigenvalue weighted by atomic mass is 35.5. The second kappa shape index (κ2) is 8.89. The lowest BCUT2D eigenvalue weighted by Gasteiger charge is -2.27. The first-order valence-corrected chi connectivity index (χ1v) is 9.56. The van der Waals surface area contributed by atoms with Crippen LogP contribution in [0.15, 0.2) is 72.8 Å². The van der Waals surface area contributed by atoms with Gasteiger partial charge in [-0.05, 0) is 54.5 Å². The smallest absolute Gasteiger partial charge is 0.178 e. The molecule has 0 aliphatic heterocycles. The SMILES string of the molecule is CCc1cccc(NC(=S)N(Cc2ccccc2O)c2ccccc2Cl)c1. The van der Waals surface area contributed by atoms with Gasteiger partial charge in [0, 0.05) is 11.3 Å². The molecule has 0 saturated heterocycles. The van der Waals surface area contributed by atoms with Crippen molar-refractivity contribution < 1.29 is 5.11 Å². The fourth-order valence-electron chi connectivity index (χ4n) is 2.81. The molecule has 0 radical (unpaired) electrons. The second-order valence-corrected chi connectivity index (χ2v) is 6.94. The molecule has 3 nitrogen and oxygen atoms in total. The van der Waals surface area contributed by atoms with Crippen molar-refractivity contribution in [3.8, 4) is 5.75 Å². The molecule has 0 aliphatic rings. The lowest BCUT2D eigenvalue weighted by molar-refractivity contribution is 0.468. The molecule has 0 aliphatic carbocycles. The van der Waals surface area contributed by atoms with Crippen molar-refractivity contribution in [3.63, 3.8) is 0 Å². The topological polar surface area (TPSA) is 35.5 Å². The van der Waals surface area contributed by atoms with E-state index in [1.165, 1.54) is 5.56 Å².